The molecule has 1 N–H and O–H groups in total. The van der Waals surface area contributed by atoms with E-state index >= 15 is 0 Å². The van der Waals surface area contributed by atoms with Gasteiger partial charge >= 0.3 is 0 Å². The third-order valence-corrected chi connectivity index (χ3v) is 4.08. The van der Waals surface area contributed by atoms with Crippen LogP contribution >= 0.6 is 15.9 Å². The van der Waals surface area contributed by atoms with Crippen molar-refractivity contribution < 1.29 is 9.84 Å². The monoisotopic (exact) mass is 313 g/mol. The third kappa shape index (κ3) is 2.71. The van der Waals surface area contributed by atoms with E-state index in [9.17, 15) is 5.11 Å². The Hall–Kier alpha value is -0.580. The molecule has 4 heteroatoms. The molecule has 3 nitrogen and oxygen atoms in total. The van der Waals surface area contributed by atoms with E-state index in [4.69, 9.17) is 4.74 Å². The first-order valence-corrected chi connectivity index (χ1v) is 7.04. The molecule has 100 valence electrons. The molecule has 0 bridgehead atoms. The number of morpholine rings is 1. The zero-order chi connectivity index (χ0) is 13.3. The summed E-state index contributed by atoms with van der Waals surface area (Å²) in [6.45, 7) is 8.54. The molecule has 1 aliphatic rings. The van der Waals surface area contributed by atoms with E-state index in [2.05, 4.69) is 46.8 Å². The molecule has 1 atom stereocenters. The molecule has 1 aromatic rings. The van der Waals surface area contributed by atoms with Gasteiger partial charge in [-0.15, -0.1) is 0 Å². The Morgan fingerprint density at radius 2 is 2.17 bits per heavy atom. The van der Waals surface area contributed by atoms with Crippen molar-refractivity contribution in [3.05, 3.63) is 28.2 Å². The maximum absolute atomic E-state index is 9.64. The largest absolute Gasteiger partial charge is 0.389 e. The Kier molecular flexibility index (Phi) is 3.99. The first-order chi connectivity index (χ1) is 8.42. The van der Waals surface area contributed by atoms with Crippen LogP contribution in [0.15, 0.2) is 22.7 Å². The van der Waals surface area contributed by atoms with E-state index in [-0.39, 0.29) is 5.54 Å². The molecule has 1 aliphatic heterocycles. The van der Waals surface area contributed by atoms with E-state index in [0.717, 1.165) is 29.8 Å². The molecule has 18 heavy (non-hydrogen) atoms. The minimum atomic E-state index is -0.453. The lowest BCUT2D eigenvalue weighted by Gasteiger charge is -2.44. The van der Waals surface area contributed by atoms with Crippen molar-refractivity contribution >= 4 is 21.6 Å². The van der Waals surface area contributed by atoms with Crippen LogP contribution in [0.1, 0.15) is 32.4 Å². The standard InChI is InChI=1S/C14H20BrNO2/c1-10(17)12-5-4-11(8-13(12)15)16-6-7-18-9-14(16,2)3/h4-5,8,10,17H,6-7,9H2,1-3H3/t10-/m0/s1. The van der Waals surface area contributed by atoms with Crippen molar-refractivity contribution in [2.75, 3.05) is 24.7 Å². The summed E-state index contributed by atoms with van der Waals surface area (Å²) >= 11 is 3.53. The zero-order valence-corrected chi connectivity index (χ0v) is 12.7. The second-order valence-electron chi connectivity index (χ2n) is 5.40. The molecule has 2 rings (SSSR count). The first-order valence-electron chi connectivity index (χ1n) is 6.25. The molecule has 0 saturated carbocycles. The lowest BCUT2D eigenvalue weighted by molar-refractivity contribution is 0.0644. The molecular weight excluding hydrogens is 294 g/mol. The van der Waals surface area contributed by atoms with Gasteiger partial charge in [-0.25, -0.2) is 0 Å². The molecule has 0 unspecified atom stereocenters. The number of anilines is 1. The van der Waals surface area contributed by atoms with E-state index in [0.29, 0.717) is 0 Å². The highest BCUT2D eigenvalue weighted by atomic mass is 79.9. The van der Waals surface area contributed by atoms with Gasteiger partial charge in [-0.05, 0) is 38.5 Å². The quantitative estimate of drug-likeness (QED) is 0.910. The summed E-state index contributed by atoms with van der Waals surface area (Å²) in [4.78, 5) is 2.35. The highest BCUT2D eigenvalue weighted by Crippen LogP contribution is 2.32. The topological polar surface area (TPSA) is 32.7 Å². The second kappa shape index (κ2) is 5.19. The molecule has 0 amide bonds. The van der Waals surface area contributed by atoms with Crippen LogP contribution in [0.25, 0.3) is 0 Å². The molecule has 1 aromatic carbocycles. The third-order valence-electron chi connectivity index (χ3n) is 3.39. The van der Waals surface area contributed by atoms with Gasteiger partial charge in [0, 0.05) is 16.7 Å². The van der Waals surface area contributed by atoms with Crippen LogP contribution in [0, 0.1) is 0 Å². The van der Waals surface area contributed by atoms with Gasteiger partial charge in [-0.1, -0.05) is 22.0 Å². The Bertz CT molecular complexity index is 432. The van der Waals surface area contributed by atoms with Crippen molar-refractivity contribution in [3.63, 3.8) is 0 Å². The van der Waals surface area contributed by atoms with Crippen LogP contribution in [-0.2, 0) is 4.74 Å². The van der Waals surface area contributed by atoms with Gasteiger partial charge in [-0.2, -0.15) is 0 Å². The number of hydrogen-bond acceptors (Lipinski definition) is 3. The summed E-state index contributed by atoms with van der Waals surface area (Å²) in [7, 11) is 0. The number of hydrogen-bond donors (Lipinski definition) is 1. The Balaban J connectivity index is 2.31. The molecule has 0 aromatic heterocycles. The van der Waals surface area contributed by atoms with Crippen molar-refractivity contribution in [1.29, 1.82) is 0 Å². The molecule has 0 aliphatic carbocycles. The lowest BCUT2D eigenvalue weighted by Crippen LogP contribution is -2.53. The van der Waals surface area contributed by atoms with Gasteiger partial charge in [0.2, 0.25) is 0 Å². The van der Waals surface area contributed by atoms with E-state index in [1.807, 2.05) is 6.07 Å². The van der Waals surface area contributed by atoms with Crippen LogP contribution in [-0.4, -0.2) is 30.4 Å². The van der Waals surface area contributed by atoms with E-state index in [1.165, 1.54) is 5.69 Å². The number of ether oxygens (including phenoxy) is 1. The highest BCUT2D eigenvalue weighted by Gasteiger charge is 2.30. The van der Waals surface area contributed by atoms with Crippen molar-refractivity contribution in [2.24, 2.45) is 0 Å². The predicted octanol–water partition coefficient (Wildman–Crippen LogP) is 3.12. The highest BCUT2D eigenvalue weighted by molar-refractivity contribution is 9.10. The van der Waals surface area contributed by atoms with E-state index < -0.39 is 6.10 Å². The number of benzene rings is 1. The van der Waals surface area contributed by atoms with Gasteiger partial charge in [0.15, 0.2) is 0 Å². The summed E-state index contributed by atoms with van der Waals surface area (Å²) < 4.78 is 6.49. The number of aliphatic hydroxyl groups excluding tert-OH is 1. The van der Waals surface area contributed by atoms with Gasteiger partial charge in [0.1, 0.15) is 0 Å². The van der Waals surface area contributed by atoms with Gasteiger partial charge in [0.05, 0.1) is 24.9 Å². The average molecular weight is 314 g/mol. The summed E-state index contributed by atoms with van der Waals surface area (Å²) in [5, 5.41) is 9.64. The number of aliphatic hydroxyl groups is 1. The Morgan fingerprint density at radius 3 is 2.72 bits per heavy atom. The van der Waals surface area contributed by atoms with Crippen molar-refractivity contribution in [3.8, 4) is 0 Å². The summed E-state index contributed by atoms with van der Waals surface area (Å²) in [6.07, 6.45) is -0.453. The zero-order valence-electron chi connectivity index (χ0n) is 11.1. The fourth-order valence-corrected chi connectivity index (χ4v) is 3.06. The van der Waals surface area contributed by atoms with Gasteiger partial charge in [-0.3, -0.25) is 0 Å². The van der Waals surface area contributed by atoms with Crippen LogP contribution in [0.3, 0.4) is 0 Å². The average Bonchev–Trinajstić information content (AvgIpc) is 2.27. The first kappa shape index (κ1) is 13.8. The van der Waals surface area contributed by atoms with Crippen LogP contribution < -0.4 is 4.90 Å². The summed E-state index contributed by atoms with van der Waals surface area (Å²) in [6, 6.07) is 6.13. The predicted molar refractivity (Wildman–Crippen MR) is 77.0 cm³/mol. The van der Waals surface area contributed by atoms with Crippen LogP contribution in [0.2, 0.25) is 0 Å². The number of nitrogens with zero attached hydrogens (tertiary/aromatic N) is 1. The van der Waals surface area contributed by atoms with Gasteiger partial charge < -0.3 is 14.7 Å². The molecule has 0 radical (unpaired) electrons. The fraction of sp³-hybridized carbons (Fsp3) is 0.571. The fourth-order valence-electron chi connectivity index (χ4n) is 2.36. The minimum absolute atomic E-state index is 0.00401. The van der Waals surface area contributed by atoms with Crippen LogP contribution in [0.4, 0.5) is 5.69 Å². The number of halogens is 1. The maximum atomic E-state index is 9.64. The Labute approximate surface area is 117 Å². The van der Waals surface area contributed by atoms with Crippen molar-refractivity contribution in [1.82, 2.24) is 0 Å². The molecule has 1 saturated heterocycles. The van der Waals surface area contributed by atoms with Crippen LogP contribution in [0.5, 0.6) is 0 Å². The second-order valence-corrected chi connectivity index (χ2v) is 6.25. The van der Waals surface area contributed by atoms with Gasteiger partial charge in [0.25, 0.3) is 0 Å². The van der Waals surface area contributed by atoms with E-state index in [1.54, 1.807) is 6.92 Å². The SMILES string of the molecule is C[C@H](O)c1ccc(N2CCOCC2(C)C)cc1Br. The summed E-state index contributed by atoms with van der Waals surface area (Å²) in [5.41, 5.74) is 2.09. The molecule has 1 fully saturated rings. The Morgan fingerprint density at radius 1 is 1.44 bits per heavy atom. The minimum Gasteiger partial charge on any atom is -0.389 e. The van der Waals surface area contributed by atoms with Crippen molar-refractivity contribution in [2.45, 2.75) is 32.4 Å². The lowest BCUT2D eigenvalue weighted by atomic mass is 10.0. The molecule has 1 heterocycles. The normalized spacial score (nSPS) is 20.8. The smallest absolute Gasteiger partial charge is 0.0772 e. The number of rotatable bonds is 2. The molecular formula is C14H20BrNO2. The molecule has 0 spiro atoms. The summed E-state index contributed by atoms with van der Waals surface area (Å²) in [5.74, 6) is 0. The maximum Gasteiger partial charge on any atom is 0.0772 e.